The van der Waals surface area contributed by atoms with Gasteiger partial charge < -0.3 is 38.1 Å². The maximum atomic E-state index is 11.8. The molecule has 9 heteroatoms. The van der Waals surface area contributed by atoms with Gasteiger partial charge >= 0.3 is 6.09 Å². The fourth-order valence-corrected chi connectivity index (χ4v) is 3.53. The van der Waals surface area contributed by atoms with Gasteiger partial charge in [0.05, 0.1) is 72.7 Å². The number of carbonyl (C=O) groups is 1. The molecule has 39 heavy (non-hydrogen) atoms. The molecule has 234 valence electrons. The largest absolute Gasteiger partial charge is 0.444 e. The van der Waals surface area contributed by atoms with Crippen LogP contribution in [0.2, 0.25) is 0 Å². The van der Waals surface area contributed by atoms with Crippen molar-refractivity contribution >= 4 is 6.09 Å². The van der Waals surface area contributed by atoms with Gasteiger partial charge in [-0.1, -0.05) is 64.7 Å². The van der Waals surface area contributed by atoms with E-state index in [0.29, 0.717) is 79.2 Å². The van der Waals surface area contributed by atoms with Gasteiger partial charge in [-0.15, -0.1) is 0 Å². The Morgan fingerprint density at radius 2 is 0.846 bits per heavy atom. The molecule has 0 saturated carbocycles. The van der Waals surface area contributed by atoms with E-state index in [2.05, 4.69) is 6.92 Å². The molecule has 0 N–H and O–H groups in total. The Bertz CT molecular complexity index is 516. The van der Waals surface area contributed by atoms with Crippen LogP contribution in [0.1, 0.15) is 91.9 Å². The van der Waals surface area contributed by atoms with Crippen molar-refractivity contribution in [2.75, 3.05) is 92.9 Å². The number of likely N-dealkylation sites (N-methyl/N-ethyl adjacent to an activating group) is 1. The van der Waals surface area contributed by atoms with E-state index in [0.717, 1.165) is 13.0 Å². The van der Waals surface area contributed by atoms with Gasteiger partial charge in [-0.25, -0.2) is 4.79 Å². The summed E-state index contributed by atoms with van der Waals surface area (Å²) in [6.07, 6.45) is 13.1. The molecule has 0 atom stereocenters. The molecule has 9 nitrogen and oxygen atoms in total. The van der Waals surface area contributed by atoms with Crippen LogP contribution in [0.5, 0.6) is 0 Å². The molecule has 0 spiro atoms. The maximum Gasteiger partial charge on any atom is 0.410 e. The molecule has 0 unspecified atom stereocenters. The number of amides is 1. The van der Waals surface area contributed by atoms with Crippen LogP contribution < -0.4 is 0 Å². The van der Waals surface area contributed by atoms with Gasteiger partial charge in [0.15, 0.2) is 0 Å². The SMILES string of the molecule is CCCCCCCCCCCCOCCOCCOCCOCCOCCOCCN(C)C(=O)OC(C)(C)C. The first kappa shape index (κ1) is 38.0. The second-order valence-electron chi connectivity index (χ2n) is 10.8. The lowest BCUT2D eigenvalue weighted by Gasteiger charge is -2.24. The lowest BCUT2D eigenvalue weighted by molar-refractivity contribution is -0.0180. The summed E-state index contributed by atoms with van der Waals surface area (Å²) in [7, 11) is 1.69. The number of carbonyl (C=O) groups excluding carboxylic acids is 1. The fourth-order valence-electron chi connectivity index (χ4n) is 3.53. The number of hydrogen-bond acceptors (Lipinski definition) is 8. The molecule has 0 radical (unpaired) electrons. The number of ether oxygens (including phenoxy) is 7. The van der Waals surface area contributed by atoms with E-state index in [-0.39, 0.29) is 6.09 Å². The molecule has 0 bridgehead atoms. The van der Waals surface area contributed by atoms with E-state index in [1.54, 1.807) is 7.05 Å². The molecule has 0 heterocycles. The zero-order valence-electron chi connectivity index (χ0n) is 26.0. The highest BCUT2D eigenvalue weighted by atomic mass is 16.6. The minimum atomic E-state index is -0.496. The molecule has 0 aromatic heterocycles. The summed E-state index contributed by atoms with van der Waals surface area (Å²) in [6.45, 7) is 14.9. The normalized spacial score (nSPS) is 11.7. The monoisotopic (exact) mass is 563 g/mol. The minimum Gasteiger partial charge on any atom is -0.444 e. The van der Waals surface area contributed by atoms with Crippen LogP contribution in [0.4, 0.5) is 4.79 Å². The molecule has 1 amide bonds. The second kappa shape index (κ2) is 28.6. The number of hydrogen-bond donors (Lipinski definition) is 0. The fraction of sp³-hybridized carbons (Fsp3) is 0.967. The summed E-state index contributed by atoms with van der Waals surface area (Å²) >= 11 is 0. The molecular formula is C30H61NO8. The van der Waals surface area contributed by atoms with Crippen LogP contribution >= 0.6 is 0 Å². The molecule has 0 aromatic rings. The Labute approximate surface area is 239 Å². The molecule has 0 aliphatic carbocycles. The van der Waals surface area contributed by atoms with E-state index >= 15 is 0 Å². The predicted octanol–water partition coefficient (Wildman–Crippen LogP) is 5.87. The third kappa shape index (κ3) is 31.4. The van der Waals surface area contributed by atoms with Gasteiger partial charge in [-0.05, 0) is 27.2 Å². The smallest absolute Gasteiger partial charge is 0.410 e. The van der Waals surface area contributed by atoms with E-state index < -0.39 is 5.60 Å². The third-order valence-corrected chi connectivity index (χ3v) is 5.78. The molecule has 0 aliphatic heterocycles. The van der Waals surface area contributed by atoms with Crippen LogP contribution in [0, 0.1) is 0 Å². The van der Waals surface area contributed by atoms with Crippen molar-refractivity contribution in [1.29, 1.82) is 0 Å². The van der Waals surface area contributed by atoms with E-state index in [9.17, 15) is 4.79 Å². The molecule has 0 aliphatic rings. The zero-order valence-corrected chi connectivity index (χ0v) is 26.0. The first-order valence-electron chi connectivity index (χ1n) is 15.3. The van der Waals surface area contributed by atoms with E-state index in [1.807, 2.05) is 20.8 Å². The van der Waals surface area contributed by atoms with Gasteiger partial charge in [0.25, 0.3) is 0 Å². The summed E-state index contributed by atoms with van der Waals surface area (Å²) in [6, 6.07) is 0. The average Bonchev–Trinajstić information content (AvgIpc) is 2.89. The Morgan fingerprint density at radius 1 is 0.513 bits per heavy atom. The first-order chi connectivity index (χ1) is 18.9. The highest BCUT2D eigenvalue weighted by molar-refractivity contribution is 5.67. The molecule has 0 fully saturated rings. The molecule has 0 aromatic carbocycles. The molecule has 0 saturated heterocycles. The molecular weight excluding hydrogens is 502 g/mol. The highest BCUT2D eigenvalue weighted by Crippen LogP contribution is 2.10. The average molecular weight is 564 g/mol. The topological polar surface area (TPSA) is 84.9 Å². The zero-order chi connectivity index (χ0) is 28.9. The number of nitrogens with zero attached hydrogens (tertiary/aromatic N) is 1. The van der Waals surface area contributed by atoms with Crippen molar-refractivity contribution in [3.63, 3.8) is 0 Å². The summed E-state index contributed by atoms with van der Waals surface area (Å²) in [5, 5.41) is 0. The summed E-state index contributed by atoms with van der Waals surface area (Å²) < 4.78 is 38.4. The first-order valence-corrected chi connectivity index (χ1v) is 15.3. The van der Waals surface area contributed by atoms with Gasteiger partial charge in [0.1, 0.15) is 5.60 Å². The van der Waals surface area contributed by atoms with Gasteiger partial charge in [-0.2, -0.15) is 0 Å². The second-order valence-corrected chi connectivity index (χ2v) is 10.8. The Balaban J connectivity index is 3.16. The third-order valence-electron chi connectivity index (χ3n) is 5.78. The van der Waals surface area contributed by atoms with Crippen LogP contribution in [-0.2, 0) is 33.2 Å². The summed E-state index contributed by atoms with van der Waals surface area (Å²) in [5.74, 6) is 0. The lowest BCUT2D eigenvalue weighted by Crippen LogP contribution is -2.36. The number of unbranched alkanes of at least 4 members (excludes halogenated alkanes) is 9. The molecule has 0 rings (SSSR count). The highest BCUT2D eigenvalue weighted by Gasteiger charge is 2.19. The minimum absolute atomic E-state index is 0.351. The van der Waals surface area contributed by atoms with Crippen molar-refractivity contribution < 1.29 is 38.0 Å². The quantitative estimate of drug-likeness (QED) is 0.104. The van der Waals surface area contributed by atoms with Crippen LogP contribution in [-0.4, -0.2) is 109 Å². The van der Waals surface area contributed by atoms with E-state index in [4.69, 9.17) is 33.2 Å². The van der Waals surface area contributed by atoms with Crippen LogP contribution in [0.3, 0.4) is 0 Å². The standard InChI is InChI=1S/C30H61NO8/c1-6-7-8-9-10-11-12-13-14-15-17-33-19-21-35-23-25-37-27-28-38-26-24-36-22-20-34-18-16-31(5)29(32)39-30(2,3)4/h6-28H2,1-5H3. The Morgan fingerprint density at radius 3 is 1.23 bits per heavy atom. The number of rotatable bonds is 29. The van der Waals surface area contributed by atoms with Crippen molar-refractivity contribution in [3.8, 4) is 0 Å². The summed E-state index contributed by atoms with van der Waals surface area (Å²) in [5.41, 5.74) is -0.496. The Hall–Kier alpha value is -0.970. The predicted molar refractivity (Wildman–Crippen MR) is 156 cm³/mol. The van der Waals surface area contributed by atoms with Crippen molar-refractivity contribution in [2.45, 2.75) is 97.5 Å². The van der Waals surface area contributed by atoms with Crippen molar-refractivity contribution in [1.82, 2.24) is 4.90 Å². The van der Waals surface area contributed by atoms with Crippen molar-refractivity contribution in [3.05, 3.63) is 0 Å². The van der Waals surface area contributed by atoms with Crippen LogP contribution in [0.15, 0.2) is 0 Å². The maximum absolute atomic E-state index is 11.8. The Kier molecular flexibility index (Phi) is 27.8. The van der Waals surface area contributed by atoms with E-state index in [1.165, 1.54) is 62.7 Å². The van der Waals surface area contributed by atoms with Gasteiger partial charge in [0, 0.05) is 20.2 Å². The van der Waals surface area contributed by atoms with Crippen molar-refractivity contribution in [2.24, 2.45) is 0 Å². The van der Waals surface area contributed by atoms with Gasteiger partial charge in [-0.3, -0.25) is 0 Å². The van der Waals surface area contributed by atoms with Gasteiger partial charge in [0.2, 0.25) is 0 Å². The van der Waals surface area contributed by atoms with Crippen LogP contribution in [0.25, 0.3) is 0 Å². The summed E-state index contributed by atoms with van der Waals surface area (Å²) in [4.78, 5) is 13.3. The lowest BCUT2D eigenvalue weighted by atomic mass is 10.1.